The molecule has 0 radical (unpaired) electrons. The van der Waals surface area contributed by atoms with Gasteiger partial charge in [-0.2, -0.15) is 0 Å². The van der Waals surface area contributed by atoms with Gasteiger partial charge in [-0.05, 0) is 27.2 Å². The van der Waals surface area contributed by atoms with Gasteiger partial charge >= 0.3 is 12.2 Å². The average Bonchev–Trinajstić information content (AvgIpc) is 2.29. The molecule has 0 bridgehead atoms. The summed E-state index contributed by atoms with van der Waals surface area (Å²) in [6, 6.07) is 0. The van der Waals surface area contributed by atoms with Crippen LogP contribution in [0.25, 0.3) is 0 Å². The van der Waals surface area contributed by atoms with Gasteiger partial charge in [0.2, 0.25) is 0 Å². The van der Waals surface area contributed by atoms with E-state index in [1.165, 1.54) is 25.7 Å². The molecule has 0 aromatic rings. The van der Waals surface area contributed by atoms with E-state index in [0.29, 0.717) is 6.42 Å². The first-order valence-electron chi connectivity index (χ1n) is 7.51. The third kappa shape index (κ3) is 9.64. The molecule has 0 heterocycles. The van der Waals surface area contributed by atoms with Crippen LogP contribution in [0.4, 0.5) is 9.59 Å². The van der Waals surface area contributed by atoms with Gasteiger partial charge in [0.15, 0.2) is 0 Å². The van der Waals surface area contributed by atoms with E-state index in [9.17, 15) is 9.59 Å². The Bertz CT molecular complexity index is 297. The second-order valence-corrected chi connectivity index (χ2v) is 6.04. The van der Waals surface area contributed by atoms with Crippen LogP contribution in [0.5, 0.6) is 0 Å². The number of carboxylic acid groups (broad SMARTS) is 1. The third-order valence-electron chi connectivity index (χ3n) is 2.83. The standard InChI is InChI=1S/C15H29NO4/c1-5-6-7-8-9-10-11-12-16(13(17)18)14(19)20-15(2,3)4/h5-12H2,1-4H3,(H,17,18). The molecule has 2 amide bonds. The summed E-state index contributed by atoms with van der Waals surface area (Å²) in [6.45, 7) is 7.54. The molecular formula is C15H29NO4. The van der Waals surface area contributed by atoms with E-state index < -0.39 is 17.8 Å². The molecule has 0 aromatic heterocycles. The van der Waals surface area contributed by atoms with Gasteiger partial charge in [-0.1, -0.05) is 45.4 Å². The van der Waals surface area contributed by atoms with Gasteiger partial charge in [-0.25, -0.2) is 14.5 Å². The minimum Gasteiger partial charge on any atom is -0.465 e. The first-order valence-corrected chi connectivity index (χ1v) is 7.51. The zero-order valence-corrected chi connectivity index (χ0v) is 13.3. The van der Waals surface area contributed by atoms with Crippen LogP contribution in [0, 0.1) is 0 Å². The monoisotopic (exact) mass is 287 g/mol. The lowest BCUT2D eigenvalue weighted by Crippen LogP contribution is -2.40. The predicted octanol–water partition coefficient (Wildman–Crippen LogP) is 4.65. The summed E-state index contributed by atoms with van der Waals surface area (Å²) in [5, 5.41) is 9.04. The van der Waals surface area contributed by atoms with E-state index in [1.807, 2.05) is 0 Å². The van der Waals surface area contributed by atoms with Crippen LogP contribution in [0.2, 0.25) is 0 Å². The molecule has 0 aliphatic rings. The van der Waals surface area contributed by atoms with Crippen molar-refractivity contribution in [3.63, 3.8) is 0 Å². The molecule has 0 fully saturated rings. The lowest BCUT2D eigenvalue weighted by molar-refractivity contribution is 0.0267. The molecule has 0 unspecified atom stereocenters. The second kappa shape index (κ2) is 9.61. The zero-order valence-electron chi connectivity index (χ0n) is 13.3. The van der Waals surface area contributed by atoms with Gasteiger partial charge in [0.05, 0.1) is 0 Å². The van der Waals surface area contributed by atoms with Crippen LogP contribution in [-0.4, -0.2) is 34.3 Å². The molecule has 0 saturated carbocycles. The Hall–Kier alpha value is -1.26. The fourth-order valence-electron chi connectivity index (χ4n) is 1.81. The van der Waals surface area contributed by atoms with Crippen LogP contribution in [-0.2, 0) is 4.74 Å². The highest BCUT2D eigenvalue weighted by Crippen LogP contribution is 2.12. The smallest absolute Gasteiger partial charge is 0.419 e. The molecule has 118 valence electrons. The van der Waals surface area contributed by atoms with E-state index in [2.05, 4.69) is 6.92 Å². The van der Waals surface area contributed by atoms with Crippen molar-refractivity contribution in [1.29, 1.82) is 0 Å². The molecule has 0 atom stereocenters. The maximum absolute atomic E-state index is 11.7. The van der Waals surface area contributed by atoms with Crippen molar-refractivity contribution in [1.82, 2.24) is 4.90 Å². The number of hydrogen-bond acceptors (Lipinski definition) is 3. The average molecular weight is 287 g/mol. The molecule has 0 rings (SSSR count). The molecule has 0 aromatic carbocycles. The van der Waals surface area contributed by atoms with E-state index in [1.54, 1.807) is 20.8 Å². The molecular weight excluding hydrogens is 258 g/mol. The van der Waals surface area contributed by atoms with Crippen molar-refractivity contribution in [2.75, 3.05) is 6.54 Å². The van der Waals surface area contributed by atoms with Gasteiger partial charge in [-0.3, -0.25) is 0 Å². The number of carbonyl (C=O) groups is 2. The van der Waals surface area contributed by atoms with Crippen molar-refractivity contribution < 1.29 is 19.4 Å². The van der Waals surface area contributed by atoms with Crippen LogP contribution in [0.1, 0.15) is 72.6 Å². The molecule has 0 aliphatic carbocycles. The topological polar surface area (TPSA) is 66.8 Å². The van der Waals surface area contributed by atoms with E-state index in [0.717, 1.165) is 17.7 Å². The Labute approximate surface area is 122 Å². The van der Waals surface area contributed by atoms with Gasteiger partial charge < -0.3 is 9.84 Å². The first kappa shape index (κ1) is 18.7. The largest absolute Gasteiger partial charge is 0.465 e. The molecule has 0 saturated heterocycles. The molecule has 0 aliphatic heterocycles. The van der Waals surface area contributed by atoms with E-state index in [4.69, 9.17) is 9.84 Å². The molecule has 5 heteroatoms. The normalized spacial score (nSPS) is 11.2. The van der Waals surface area contributed by atoms with Crippen LogP contribution < -0.4 is 0 Å². The Morgan fingerprint density at radius 3 is 1.95 bits per heavy atom. The highest BCUT2D eigenvalue weighted by Gasteiger charge is 2.26. The Morgan fingerprint density at radius 1 is 1.00 bits per heavy atom. The molecule has 1 N–H and O–H groups in total. The van der Waals surface area contributed by atoms with Crippen LogP contribution in [0.3, 0.4) is 0 Å². The Kier molecular flexibility index (Phi) is 9.01. The molecule has 0 spiro atoms. The number of rotatable bonds is 8. The Balaban J connectivity index is 3.98. The summed E-state index contributed by atoms with van der Waals surface area (Å²) in [4.78, 5) is 23.5. The van der Waals surface area contributed by atoms with Crippen LogP contribution in [0.15, 0.2) is 0 Å². The number of hydrogen-bond donors (Lipinski definition) is 1. The van der Waals surface area contributed by atoms with Gasteiger partial charge in [0.25, 0.3) is 0 Å². The summed E-state index contributed by atoms with van der Waals surface area (Å²) in [5.41, 5.74) is -0.676. The summed E-state index contributed by atoms with van der Waals surface area (Å²) >= 11 is 0. The molecule has 20 heavy (non-hydrogen) atoms. The maximum atomic E-state index is 11.7. The van der Waals surface area contributed by atoms with Gasteiger partial charge in [0.1, 0.15) is 5.60 Å². The van der Waals surface area contributed by atoms with Gasteiger partial charge in [-0.15, -0.1) is 0 Å². The fourth-order valence-corrected chi connectivity index (χ4v) is 1.81. The number of nitrogens with zero attached hydrogens (tertiary/aromatic N) is 1. The number of imide groups is 1. The zero-order chi connectivity index (χ0) is 15.6. The maximum Gasteiger partial charge on any atom is 0.419 e. The minimum atomic E-state index is -1.25. The lowest BCUT2D eigenvalue weighted by atomic mass is 10.1. The number of unbranched alkanes of at least 4 members (excludes halogenated alkanes) is 6. The highest BCUT2D eigenvalue weighted by molar-refractivity contribution is 5.86. The summed E-state index contributed by atoms with van der Waals surface area (Å²) in [6.07, 6.45) is 5.56. The van der Waals surface area contributed by atoms with E-state index in [-0.39, 0.29) is 6.54 Å². The van der Waals surface area contributed by atoms with Crippen molar-refractivity contribution in [3.8, 4) is 0 Å². The van der Waals surface area contributed by atoms with Crippen molar-refractivity contribution in [2.24, 2.45) is 0 Å². The summed E-state index contributed by atoms with van der Waals surface area (Å²) in [7, 11) is 0. The molecule has 5 nitrogen and oxygen atoms in total. The SMILES string of the molecule is CCCCCCCCCN(C(=O)O)C(=O)OC(C)(C)C. The van der Waals surface area contributed by atoms with E-state index >= 15 is 0 Å². The quantitative estimate of drug-likeness (QED) is 0.660. The fraction of sp³-hybridized carbons (Fsp3) is 0.867. The predicted molar refractivity (Wildman–Crippen MR) is 79.0 cm³/mol. The second-order valence-electron chi connectivity index (χ2n) is 6.04. The highest BCUT2D eigenvalue weighted by atomic mass is 16.6. The minimum absolute atomic E-state index is 0.206. The van der Waals surface area contributed by atoms with Crippen molar-refractivity contribution in [3.05, 3.63) is 0 Å². The lowest BCUT2D eigenvalue weighted by Gasteiger charge is -2.24. The number of ether oxygens (including phenoxy) is 1. The summed E-state index contributed by atoms with van der Waals surface area (Å²) < 4.78 is 5.08. The van der Waals surface area contributed by atoms with Crippen LogP contribution >= 0.6 is 0 Å². The number of carbonyl (C=O) groups excluding carboxylic acids is 1. The van der Waals surface area contributed by atoms with Crippen molar-refractivity contribution in [2.45, 2.75) is 78.2 Å². The first-order chi connectivity index (χ1) is 9.28. The Morgan fingerprint density at radius 2 is 1.50 bits per heavy atom. The van der Waals surface area contributed by atoms with Gasteiger partial charge in [0, 0.05) is 6.54 Å². The number of amides is 2. The summed E-state index contributed by atoms with van der Waals surface area (Å²) in [5.74, 6) is 0. The van der Waals surface area contributed by atoms with Crippen molar-refractivity contribution >= 4 is 12.2 Å². The third-order valence-corrected chi connectivity index (χ3v) is 2.83.